The Kier molecular flexibility index (Phi) is 6.68. The average molecular weight is 416 g/mol. The van der Waals surface area contributed by atoms with Crippen LogP contribution in [0.1, 0.15) is 15.9 Å². The number of nitro benzene ring substituents is 1. The lowest BCUT2D eigenvalue weighted by Crippen LogP contribution is -2.32. The quantitative estimate of drug-likeness (QED) is 0.300. The molecule has 2 aromatic rings. The summed E-state index contributed by atoms with van der Waals surface area (Å²) in [5.41, 5.74) is 0.243. The van der Waals surface area contributed by atoms with Gasteiger partial charge in [0.05, 0.1) is 17.5 Å². The zero-order valence-corrected chi connectivity index (χ0v) is 16.2. The van der Waals surface area contributed by atoms with Crippen LogP contribution in [-0.2, 0) is 9.53 Å². The van der Waals surface area contributed by atoms with Gasteiger partial charge in [-0.15, -0.1) is 0 Å². The van der Waals surface area contributed by atoms with E-state index in [2.05, 4.69) is 5.32 Å². The number of amides is 1. The predicted molar refractivity (Wildman–Crippen MR) is 104 cm³/mol. The Morgan fingerprint density at radius 1 is 1.17 bits per heavy atom. The maximum atomic E-state index is 12.3. The summed E-state index contributed by atoms with van der Waals surface area (Å²) >= 11 is 0. The number of nitrogens with one attached hydrogen (secondary N) is 1. The van der Waals surface area contributed by atoms with Gasteiger partial charge >= 0.3 is 5.97 Å². The van der Waals surface area contributed by atoms with Crippen LogP contribution in [0.15, 0.2) is 36.4 Å². The third kappa shape index (κ3) is 5.37. The number of rotatable bonds is 8. The van der Waals surface area contributed by atoms with Crippen LogP contribution in [0.5, 0.6) is 17.2 Å². The Morgan fingerprint density at radius 3 is 2.60 bits per heavy atom. The monoisotopic (exact) mass is 416 g/mol. The SMILES string of the molecule is Cc1cccc(OCCNC(=O)COC(=O)c2cc3c(cc2[N+](=O)[O-])OCCO3)c1. The van der Waals surface area contributed by atoms with Crippen LogP contribution in [0.3, 0.4) is 0 Å². The molecule has 10 heteroatoms. The minimum absolute atomic E-state index is 0.177. The number of carbonyl (C=O) groups excluding carboxylic acids is 2. The Balaban J connectivity index is 1.50. The summed E-state index contributed by atoms with van der Waals surface area (Å²) in [7, 11) is 0. The number of hydrogen-bond donors (Lipinski definition) is 1. The van der Waals surface area contributed by atoms with Gasteiger partial charge in [0.1, 0.15) is 31.1 Å². The van der Waals surface area contributed by atoms with E-state index in [1.807, 2.05) is 25.1 Å². The van der Waals surface area contributed by atoms with E-state index in [9.17, 15) is 19.7 Å². The summed E-state index contributed by atoms with van der Waals surface area (Å²) in [5.74, 6) is -0.504. The first-order valence-electron chi connectivity index (χ1n) is 9.15. The lowest BCUT2D eigenvalue weighted by Gasteiger charge is -2.18. The third-order valence-electron chi connectivity index (χ3n) is 4.09. The number of nitrogens with zero attached hydrogens (tertiary/aromatic N) is 1. The van der Waals surface area contributed by atoms with Crippen molar-refractivity contribution in [1.29, 1.82) is 0 Å². The molecule has 1 aliphatic rings. The summed E-state index contributed by atoms with van der Waals surface area (Å²) in [6.45, 7) is 2.29. The van der Waals surface area contributed by atoms with E-state index in [1.54, 1.807) is 6.07 Å². The normalized spacial score (nSPS) is 12.0. The zero-order chi connectivity index (χ0) is 21.5. The molecule has 0 unspecified atom stereocenters. The second-order valence-corrected chi connectivity index (χ2v) is 6.36. The van der Waals surface area contributed by atoms with Gasteiger partial charge in [0.15, 0.2) is 18.1 Å². The maximum absolute atomic E-state index is 12.3. The number of aryl methyl sites for hydroxylation is 1. The van der Waals surface area contributed by atoms with Gasteiger partial charge in [-0.3, -0.25) is 14.9 Å². The molecule has 0 atom stereocenters. The van der Waals surface area contributed by atoms with Gasteiger partial charge < -0.3 is 24.3 Å². The summed E-state index contributed by atoms with van der Waals surface area (Å²) in [4.78, 5) is 34.7. The Morgan fingerprint density at radius 2 is 1.90 bits per heavy atom. The van der Waals surface area contributed by atoms with Crippen molar-refractivity contribution in [2.45, 2.75) is 6.92 Å². The molecule has 2 aromatic carbocycles. The highest BCUT2D eigenvalue weighted by atomic mass is 16.6. The van der Waals surface area contributed by atoms with E-state index < -0.39 is 29.1 Å². The van der Waals surface area contributed by atoms with E-state index in [1.165, 1.54) is 6.07 Å². The molecule has 0 saturated heterocycles. The van der Waals surface area contributed by atoms with Crippen molar-refractivity contribution in [3.63, 3.8) is 0 Å². The molecule has 1 N–H and O–H groups in total. The van der Waals surface area contributed by atoms with Crippen LogP contribution in [-0.4, -0.2) is 49.8 Å². The standard InChI is InChI=1S/C20H20N2O8/c1-13-3-2-4-14(9-13)27-6-5-21-19(23)12-30-20(24)15-10-17-18(29-8-7-28-17)11-16(15)22(25)26/h2-4,9-11H,5-8,12H2,1H3,(H,21,23). The number of benzene rings is 2. The molecule has 0 fully saturated rings. The van der Waals surface area contributed by atoms with E-state index in [0.717, 1.165) is 11.6 Å². The number of ether oxygens (including phenoxy) is 4. The minimum Gasteiger partial charge on any atom is -0.492 e. The molecule has 10 nitrogen and oxygen atoms in total. The van der Waals surface area contributed by atoms with Gasteiger partial charge in [-0.1, -0.05) is 12.1 Å². The molecule has 0 aromatic heterocycles. The summed E-state index contributed by atoms with van der Waals surface area (Å²) in [6, 6.07) is 9.76. The minimum atomic E-state index is -1.01. The van der Waals surface area contributed by atoms with E-state index >= 15 is 0 Å². The molecule has 0 bridgehead atoms. The lowest BCUT2D eigenvalue weighted by atomic mass is 10.1. The van der Waals surface area contributed by atoms with Crippen molar-refractivity contribution < 1.29 is 33.5 Å². The molecule has 0 radical (unpaired) electrons. The molecule has 0 spiro atoms. The number of nitro groups is 1. The Bertz CT molecular complexity index is 960. The fourth-order valence-electron chi connectivity index (χ4n) is 2.72. The predicted octanol–water partition coefficient (Wildman–Crippen LogP) is 2.03. The lowest BCUT2D eigenvalue weighted by molar-refractivity contribution is -0.385. The molecule has 30 heavy (non-hydrogen) atoms. The number of fused-ring (bicyclic) bond motifs is 1. The van der Waals surface area contributed by atoms with Crippen LogP contribution in [0.2, 0.25) is 0 Å². The molecular weight excluding hydrogens is 396 g/mol. The first-order chi connectivity index (χ1) is 14.4. The summed E-state index contributed by atoms with van der Waals surface area (Å²) in [5, 5.41) is 13.8. The highest BCUT2D eigenvalue weighted by Gasteiger charge is 2.27. The summed E-state index contributed by atoms with van der Waals surface area (Å²) < 4.78 is 21.0. The fourth-order valence-corrected chi connectivity index (χ4v) is 2.72. The fraction of sp³-hybridized carbons (Fsp3) is 0.300. The second-order valence-electron chi connectivity index (χ2n) is 6.36. The molecule has 3 rings (SSSR count). The first kappa shape index (κ1) is 20.9. The topological polar surface area (TPSA) is 126 Å². The van der Waals surface area contributed by atoms with Crippen molar-refractivity contribution in [1.82, 2.24) is 5.32 Å². The van der Waals surface area contributed by atoms with Crippen LogP contribution < -0.4 is 19.5 Å². The van der Waals surface area contributed by atoms with Crippen molar-refractivity contribution in [2.24, 2.45) is 0 Å². The maximum Gasteiger partial charge on any atom is 0.345 e. The third-order valence-corrected chi connectivity index (χ3v) is 4.09. The van der Waals surface area contributed by atoms with Crippen LogP contribution in [0, 0.1) is 17.0 Å². The van der Waals surface area contributed by atoms with Crippen molar-refractivity contribution in [3.05, 3.63) is 57.6 Å². The zero-order valence-electron chi connectivity index (χ0n) is 16.2. The average Bonchev–Trinajstić information content (AvgIpc) is 2.74. The largest absolute Gasteiger partial charge is 0.492 e. The molecular formula is C20H20N2O8. The van der Waals surface area contributed by atoms with E-state index in [-0.39, 0.29) is 43.4 Å². The molecule has 1 aliphatic heterocycles. The molecule has 0 saturated carbocycles. The van der Waals surface area contributed by atoms with Gasteiger partial charge in [0, 0.05) is 6.07 Å². The molecule has 1 heterocycles. The van der Waals surface area contributed by atoms with Gasteiger partial charge in [-0.25, -0.2) is 4.79 Å². The second kappa shape index (κ2) is 9.59. The number of carbonyl (C=O) groups is 2. The first-order valence-corrected chi connectivity index (χ1v) is 9.15. The highest BCUT2D eigenvalue weighted by molar-refractivity contribution is 5.96. The van der Waals surface area contributed by atoms with Gasteiger partial charge in [-0.05, 0) is 24.6 Å². The molecule has 1 amide bonds. The molecule has 0 aliphatic carbocycles. The van der Waals surface area contributed by atoms with Crippen LogP contribution >= 0.6 is 0 Å². The van der Waals surface area contributed by atoms with Gasteiger partial charge in [-0.2, -0.15) is 0 Å². The smallest absolute Gasteiger partial charge is 0.345 e. The van der Waals surface area contributed by atoms with E-state index in [0.29, 0.717) is 5.75 Å². The van der Waals surface area contributed by atoms with Crippen molar-refractivity contribution >= 4 is 17.6 Å². The van der Waals surface area contributed by atoms with Gasteiger partial charge in [0.2, 0.25) is 0 Å². The van der Waals surface area contributed by atoms with Crippen molar-refractivity contribution in [2.75, 3.05) is 33.0 Å². The van der Waals surface area contributed by atoms with Crippen LogP contribution in [0.4, 0.5) is 5.69 Å². The summed E-state index contributed by atoms with van der Waals surface area (Å²) in [6.07, 6.45) is 0. The number of esters is 1. The highest BCUT2D eigenvalue weighted by Crippen LogP contribution is 2.36. The number of hydrogen-bond acceptors (Lipinski definition) is 8. The van der Waals surface area contributed by atoms with Crippen molar-refractivity contribution in [3.8, 4) is 17.2 Å². The van der Waals surface area contributed by atoms with Crippen LogP contribution in [0.25, 0.3) is 0 Å². The Hall–Kier alpha value is -3.82. The Labute approximate surface area is 171 Å². The molecule has 158 valence electrons. The van der Waals surface area contributed by atoms with E-state index in [4.69, 9.17) is 18.9 Å². The van der Waals surface area contributed by atoms with Gasteiger partial charge in [0.25, 0.3) is 11.6 Å².